The Morgan fingerprint density at radius 1 is 0.909 bits per heavy atom. The number of benzene rings is 2. The number of aromatic nitrogens is 2. The first kappa shape index (κ1) is 12.9. The summed E-state index contributed by atoms with van der Waals surface area (Å²) in [6.07, 6.45) is 4.04. The lowest BCUT2D eigenvalue weighted by Gasteiger charge is -2.00. The Morgan fingerprint density at radius 3 is 2.36 bits per heavy atom. The topological polar surface area (TPSA) is 31.0 Å². The normalized spacial score (nSPS) is 11.2. The van der Waals surface area contributed by atoms with Gasteiger partial charge in [0.15, 0.2) is 5.58 Å². The highest BCUT2D eigenvalue weighted by Crippen LogP contribution is 2.27. The fourth-order valence-electron chi connectivity index (χ4n) is 2.80. The zero-order valence-corrected chi connectivity index (χ0v) is 12.6. The van der Waals surface area contributed by atoms with Crippen LogP contribution < -0.4 is 0 Å². The lowest BCUT2D eigenvalue weighted by Crippen LogP contribution is -1.88. The molecule has 0 saturated heterocycles. The molecule has 0 saturated carbocycles. The van der Waals surface area contributed by atoms with Crippen LogP contribution in [0.4, 0.5) is 0 Å². The minimum Gasteiger partial charge on any atom is -0.436 e. The number of rotatable bonds is 2. The van der Waals surface area contributed by atoms with Gasteiger partial charge in [0.1, 0.15) is 5.52 Å². The standard InChI is InChI=1S/C19H16N2O/c1-13-9-14(2)11-15(10-13)19-20-17-12-16(5-6-18(17)22-19)21-7-3-4-8-21/h3-12H,1-2H3. The summed E-state index contributed by atoms with van der Waals surface area (Å²) in [6.45, 7) is 4.17. The molecule has 2 heterocycles. The van der Waals surface area contributed by atoms with Crippen LogP contribution in [0.25, 0.3) is 28.2 Å². The predicted molar refractivity (Wildman–Crippen MR) is 88.2 cm³/mol. The maximum atomic E-state index is 5.92. The predicted octanol–water partition coefficient (Wildman–Crippen LogP) is 4.90. The van der Waals surface area contributed by atoms with Crippen molar-refractivity contribution in [2.24, 2.45) is 0 Å². The van der Waals surface area contributed by atoms with Gasteiger partial charge in [-0.15, -0.1) is 0 Å². The summed E-state index contributed by atoms with van der Waals surface area (Å²) < 4.78 is 7.98. The van der Waals surface area contributed by atoms with Gasteiger partial charge in [-0.1, -0.05) is 17.2 Å². The van der Waals surface area contributed by atoms with E-state index in [0.717, 1.165) is 22.4 Å². The van der Waals surface area contributed by atoms with Crippen molar-refractivity contribution in [3.63, 3.8) is 0 Å². The van der Waals surface area contributed by atoms with Crippen molar-refractivity contribution in [2.75, 3.05) is 0 Å². The smallest absolute Gasteiger partial charge is 0.227 e. The highest BCUT2D eigenvalue weighted by molar-refractivity contribution is 5.78. The van der Waals surface area contributed by atoms with Crippen LogP contribution >= 0.6 is 0 Å². The second kappa shape index (κ2) is 4.88. The van der Waals surface area contributed by atoms with Gasteiger partial charge in [-0.2, -0.15) is 0 Å². The molecule has 0 spiro atoms. The van der Waals surface area contributed by atoms with Gasteiger partial charge in [-0.05, 0) is 56.3 Å². The molecule has 108 valence electrons. The number of oxazole rings is 1. The Morgan fingerprint density at radius 2 is 1.64 bits per heavy atom. The molecule has 2 aromatic heterocycles. The molecule has 22 heavy (non-hydrogen) atoms. The van der Waals surface area contributed by atoms with Crippen LogP contribution in [0.5, 0.6) is 0 Å². The molecular weight excluding hydrogens is 272 g/mol. The molecule has 0 bridgehead atoms. The molecule has 4 rings (SSSR count). The SMILES string of the molecule is Cc1cc(C)cc(-c2nc3cc(-n4cccc4)ccc3o2)c1. The first-order chi connectivity index (χ1) is 10.7. The van der Waals surface area contributed by atoms with Crippen LogP contribution in [0.3, 0.4) is 0 Å². The van der Waals surface area contributed by atoms with Crippen LogP contribution in [0, 0.1) is 13.8 Å². The molecular formula is C19H16N2O. The number of hydrogen-bond acceptors (Lipinski definition) is 2. The summed E-state index contributed by atoms with van der Waals surface area (Å²) in [5, 5.41) is 0. The Kier molecular flexibility index (Phi) is 2.86. The maximum Gasteiger partial charge on any atom is 0.227 e. The molecule has 0 atom stereocenters. The van der Waals surface area contributed by atoms with E-state index in [4.69, 9.17) is 4.42 Å². The zero-order valence-electron chi connectivity index (χ0n) is 12.6. The van der Waals surface area contributed by atoms with Crippen molar-refractivity contribution < 1.29 is 4.42 Å². The van der Waals surface area contributed by atoms with Crippen molar-refractivity contribution in [3.8, 4) is 17.1 Å². The van der Waals surface area contributed by atoms with Gasteiger partial charge in [-0.3, -0.25) is 0 Å². The van der Waals surface area contributed by atoms with E-state index in [1.165, 1.54) is 11.1 Å². The van der Waals surface area contributed by atoms with Gasteiger partial charge in [0.05, 0.1) is 0 Å². The molecule has 4 aromatic rings. The number of nitrogens with zero attached hydrogens (tertiary/aromatic N) is 2. The van der Waals surface area contributed by atoms with Crippen LogP contribution in [-0.4, -0.2) is 9.55 Å². The van der Waals surface area contributed by atoms with Crippen molar-refractivity contribution in [1.29, 1.82) is 0 Å². The first-order valence-electron chi connectivity index (χ1n) is 7.32. The molecule has 0 fully saturated rings. The summed E-state index contributed by atoms with van der Waals surface area (Å²) in [5.74, 6) is 0.673. The Balaban J connectivity index is 1.83. The fourth-order valence-corrected chi connectivity index (χ4v) is 2.80. The minimum atomic E-state index is 0.673. The molecule has 3 heteroatoms. The fraction of sp³-hybridized carbons (Fsp3) is 0.105. The van der Waals surface area contributed by atoms with Crippen LogP contribution in [0.2, 0.25) is 0 Å². The molecule has 0 N–H and O–H groups in total. The highest BCUT2D eigenvalue weighted by atomic mass is 16.3. The summed E-state index contributed by atoms with van der Waals surface area (Å²) >= 11 is 0. The number of hydrogen-bond donors (Lipinski definition) is 0. The molecule has 0 aliphatic carbocycles. The minimum absolute atomic E-state index is 0.673. The van der Waals surface area contributed by atoms with Gasteiger partial charge in [-0.25, -0.2) is 4.98 Å². The van der Waals surface area contributed by atoms with E-state index in [-0.39, 0.29) is 0 Å². The van der Waals surface area contributed by atoms with Crippen molar-refractivity contribution in [1.82, 2.24) is 9.55 Å². The Labute approximate surface area is 128 Å². The summed E-state index contributed by atoms with van der Waals surface area (Å²) in [6, 6.07) is 16.4. The van der Waals surface area contributed by atoms with E-state index in [2.05, 4.69) is 41.6 Å². The molecule has 0 radical (unpaired) electrons. The van der Waals surface area contributed by atoms with Crippen LogP contribution in [0.15, 0.2) is 65.3 Å². The van der Waals surface area contributed by atoms with Crippen molar-refractivity contribution in [3.05, 3.63) is 72.1 Å². The summed E-state index contributed by atoms with van der Waals surface area (Å²) in [4.78, 5) is 4.66. The average Bonchev–Trinajstić information content (AvgIpc) is 3.15. The van der Waals surface area contributed by atoms with Crippen LogP contribution in [-0.2, 0) is 0 Å². The van der Waals surface area contributed by atoms with Gasteiger partial charge < -0.3 is 8.98 Å². The average molecular weight is 288 g/mol. The van der Waals surface area contributed by atoms with Crippen molar-refractivity contribution >= 4 is 11.1 Å². The zero-order chi connectivity index (χ0) is 15.1. The van der Waals surface area contributed by atoms with E-state index in [9.17, 15) is 0 Å². The van der Waals surface area contributed by atoms with E-state index in [0.29, 0.717) is 5.89 Å². The third-order valence-corrected chi connectivity index (χ3v) is 3.74. The molecule has 0 aliphatic rings. The summed E-state index contributed by atoms with van der Waals surface area (Å²) in [5.41, 5.74) is 6.22. The molecule has 0 amide bonds. The molecule has 3 nitrogen and oxygen atoms in total. The van der Waals surface area contributed by atoms with E-state index < -0.39 is 0 Å². The molecule has 2 aromatic carbocycles. The second-order valence-corrected chi connectivity index (χ2v) is 5.64. The number of fused-ring (bicyclic) bond motifs is 1. The molecule has 0 unspecified atom stereocenters. The van der Waals surface area contributed by atoms with E-state index >= 15 is 0 Å². The Bertz CT molecular complexity index is 929. The van der Waals surface area contributed by atoms with Crippen LogP contribution in [0.1, 0.15) is 11.1 Å². The Hall–Kier alpha value is -2.81. The van der Waals surface area contributed by atoms with Gasteiger partial charge in [0, 0.05) is 23.6 Å². The molecule has 0 aliphatic heterocycles. The van der Waals surface area contributed by atoms with Gasteiger partial charge >= 0.3 is 0 Å². The largest absolute Gasteiger partial charge is 0.436 e. The lowest BCUT2D eigenvalue weighted by molar-refractivity contribution is 0.619. The quantitative estimate of drug-likeness (QED) is 0.525. The second-order valence-electron chi connectivity index (χ2n) is 5.64. The van der Waals surface area contributed by atoms with Gasteiger partial charge in [0.2, 0.25) is 5.89 Å². The third-order valence-electron chi connectivity index (χ3n) is 3.74. The number of aryl methyl sites for hydroxylation is 2. The van der Waals surface area contributed by atoms with E-state index in [1.807, 2.05) is 42.7 Å². The van der Waals surface area contributed by atoms with Crippen molar-refractivity contribution in [2.45, 2.75) is 13.8 Å². The monoisotopic (exact) mass is 288 g/mol. The van der Waals surface area contributed by atoms with Gasteiger partial charge in [0.25, 0.3) is 0 Å². The lowest BCUT2D eigenvalue weighted by atomic mass is 10.1. The highest BCUT2D eigenvalue weighted by Gasteiger charge is 2.10. The first-order valence-corrected chi connectivity index (χ1v) is 7.32. The maximum absolute atomic E-state index is 5.92. The van der Waals surface area contributed by atoms with E-state index in [1.54, 1.807) is 0 Å². The third kappa shape index (κ3) is 2.21. The summed E-state index contributed by atoms with van der Waals surface area (Å²) in [7, 11) is 0.